The summed E-state index contributed by atoms with van der Waals surface area (Å²) in [6, 6.07) is 14.3. The lowest BCUT2D eigenvalue weighted by Gasteiger charge is -2.06. The van der Waals surface area contributed by atoms with Crippen molar-refractivity contribution in [1.29, 1.82) is 5.26 Å². The first-order chi connectivity index (χ1) is 13.0. The molecule has 0 aliphatic heterocycles. The highest BCUT2D eigenvalue weighted by Crippen LogP contribution is 2.17. The van der Waals surface area contributed by atoms with Gasteiger partial charge in [-0.3, -0.25) is 4.79 Å². The molecule has 0 radical (unpaired) electrons. The molecule has 2 rings (SSSR count). The van der Waals surface area contributed by atoms with Crippen molar-refractivity contribution < 1.29 is 24.2 Å². The van der Waals surface area contributed by atoms with E-state index in [2.05, 4.69) is 5.32 Å². The SMILES string of the molecule is CCOC(=O)COc1ccc(/C=C(\C#N)C(=O)Nc2ccc(O)cc2)cc1. The maximum absolute atomic E-state index is 12.2. The first kappa shape index (κ1) is 19.5. The van der Waals surface area contributed by atoms with Crippen molar-refractivity contribution >= 4 is 23.6 Å². The first-order valence-electron chi connectivity index (χ1n) is 8.12. The van der Waals surface area contributed by atoms with E-state index in [0.717, 1.165) is 0 Å². The molecule has 7 heteroatoms. The second-order valence-electron chi connectivity index (χ2n) is 5.33. The van der Waals surface area contributed by atoms with Crippen molar-refractivity contribution in [2.24, 2.45) is 0 Å². The lowest BCUT2D eigenvalue weighted by molar-refractivity contribution is -0.145. The van der Waals surface area contributed by atoms with E-state index in [1.807, 2.05) is 6.07 Å². The normalized spacial score (nSPS) is 10.6. The lowest BCUT2D eigenvalue weighted by atomic mass is 10.1. The molecule has 0 unspecified atom stereocenters. The highest BCUT2D eigenvalue weighted by molar-refractivity contribution is 6.09. The topological polar surface area (TPSA) is 109 Å². The molecule has 0 spiro atoms. The summed E-state index contributed by atoms with van der Waals surface area (Å²) < 4.78 is 10.1. The van der Waals surface area contributed by atoms with E-state index in [1.165, 1.54) is 30.3 Å². The highest BCUT2D eigenvalue weighted by atomic mass is 16.6. The number of carbonyl (C=O) groups is 2. The van der Waals surface area contributed by atoms with Crippen LogP contribution in [0.3, 0.4) is 0 Å². The van der Waals surface area contributed by atoms with Gasteiger partial charge in [-0.05, 0) is 55.0 Å². The van der Waals surface area contributed by atoms with E-state index < -0.39 is 11.9 Å². The minimum atomic E-state index is -0.564. The van der Waals surface area contributed by atoms with Crippen LogP contribution < -0.4 is 10.1 Å². The van der Waals surface area contributed by atoms with Gasteiger partial charge in [0.05, 0.1) is 6.61 Å². The van der Waals surface area contributed by atoms with E-state index in [9.17, 15) is 20.0 Å². The van der Waals surface area contributed by atoms with Crippen LogP contribution in [0, 0.1) is 11.3 Å². The summed E-state index contributed by atoms with van der Waals surface area (Å²) >= 11 is 0. The van der Waals surface area contributed by atoms with E-state index in [4.69, 9.17) is 9.47 Å². The van der Waals surface area contributed by atoms with Crippen LogP contribution in [0.25, 0.3) is 6.08 Å². The molecule has 2 aromatic rings. The third-order valence-electron chi connectivity index (χ3n) is 3.34. The predicted molar refractivity (Wildman–Crippen MR) is 98.9 cm³/mol. The molecular weight excluding hydrogens is 348 g/mol. The Morgan fingerprint density at radius 2 is 1.81 bits per heavy atom. The molecule has 7 nitrogen and oxygen atoms in total. The smallest absolute Gasteiger partial charge is 0.344 e. The van der Waals surface area contributed by atoms with Crippen molar-refractivity contribution in [2.45, 2.75) is 6.92 Å². The van der Waals surface area contributed by atoms with Gasteiger partial charge < -0.3 is 19.9 Å². The van der Waals surface area contributed by atoms with Gasteiger partial charge in [0.1, 0.15) is 23.1 Å². The Hall–Kier alpha value is -3.79. The molecule has 0 atom stereocenters. The number of hydrogen-bond acceptors (Lipinski definition) is 6. The van der Waals surface area contributed by atoms with Crippen LogP contribution in [0.15, 0.2) is 54.1 Å². The Labute approximate surface area is 156 Å². The highest BCUT2D eigenvalue weighted by Gasteiger charge is 2.10. The van der Waals surface area contributed by atoms with Crippen molar-refractivity contribution in [2.75, 3.05) is 18.5 Å². The number of aromatic hydroxyl groups is 1. The van der Waals surface area contributed by atoms with Gasteiger partial charge in [-0.1, -0.05) is 12.1 Å². The number of benzene rings is 2. The zero-order chi connectivity index (χ0) is 19.6. The van der Waals surface area contributed by atoms with E-state index >= 15 is 0 Å². The van der Waals surface area contributed by atoms with Crippen molar-refractivity contribution in [3.05, 3.63) is 59.7 Å². The predicted octanol–water partition coefficient (Wildman–Crippen LogP) is 2.88. The van der Waals surface area contributed by atoms with Gasteiger partial charge in [0.25, 0.3) is 5.91 Å². The van der Waals surface area contributed by atoms with Gasteiger partial charge in [-0.25, -0.2) is 4.79 Å². The molecule has 0 aliphatic carbocycles. The van der Waals surface area contributed by atoms with Crippen LogP contribution in [0.5, 0.6) is 11.5 Å². The summed E-state index contributed by atoms with van der Waals surface area (Å²) in [6.45, 7) is 1.81. The molecule has 2 aromatic carbocycles. The van der Waals surface area contributed by atoms with Crippen molar-refractivity contribution in [3.63, 3.8) is 0 Å². The number of hydrogen-bond donors (Lipinski definition) is 2. The number of nitriles is 1. The lowest BCUT2D eigenvalue weighted by Crippen LogP contribution is -2.14. The van der Waals surface area contributed by atoms with Gasteiger partial charge in [0, 0.05) is 5.69 Å². The average Bonchev–Trinajstić information content (AvgIpc) is 2.67. The molecule has 138 valence electrons. The number of phenolic OH excluding ortho intramolecular Hbond substituents is 1. The summed E-state index contributed by atoms with van der Waals surface area (Å²) in [5.41, 5.74) is 1.00. The van der Waals surface area contributed by atoms with Crippen molar-refractivity contribution in [1.82, 2.24) is 0 Å². The fourth-order valence-corrected chi connectivity index (χ4v) is 2.06. The third-order valence-corrected chi connectivity index (χ3v) is 3.34. The summed E-state index contributed by atoms with van der Waals surface area (Å²) in [4.78, 5) is 23.5. The Bertz CT molecular complexity index is 865. The molecule has 0 aliphatic rings. The zero-order valence-corrected chi connectivity index (χ0v) is 14.6. The Balaban J connectivity index is 2.01. The monoisotopic (exact) mass is 366 g/mol. The van der Waals surface area contributed by atoms with Crippen LogP contribution in [-0.2, 0) is 14.3 Å². The van der Waals surface area contributed by atoms with Crippen LogP contribution in [0.4, 0.5) is 5.69 Å². The summed E-state index contributed by atoms with van der Waals surface area (Å²) in [5.74, 6) is -0.480. The second kappa shape index (κ2) is 9.63. The number of nitrogens with one attached hydrogen (secondary N) is 1. The van der Waals surface area contributed by atoms with Crippen molar-refractivity contribution in [3.8, 4) is 17.6 Å². The fourth-order valence-electron chi connectivity index (χ4n) is 2.06. The Kier molecular flexibility index (Phi) is 6.97. The molecule has 0 bridgehead atoms. The molecule has 0 aromatic heterocycles. The maximum atomic E-state index is 12.2. The fraction of sp³-hybridized carbons (Fsp3) is 0.150. The maximum Gasteiger partial charge on any atom is 0.344 e. The minimum absolute atomic E-state index is 0.0781. The van der Waals surface area contributed by atoms with E-state index in [0.29, 0.717) is 17.0 Å². The number of ether oxygens (including phenoxy) is 2. The molecule has 2 N–H and O–H groups in total. The van der Waals surface area contributed by atoms with Gasteiger partial charge in [0.2, 0.25) is 0 Å². The summed E-state index contributed by atoms with van der Waals surface area (Å²) in [6.07, 6.45) is 1.44. The van der Waals surface area contributed by atoms with E-state index in [1.54, 1.807) is 31.2 Å². The number of amides is 1. The molecule has 0 heterocycles. The van der Waals surface area contributed by atoms with E-state index in [-0.39, 0.29) is 24.5 Å². The summed E-state index contributed by atoms with van der Waals surface area (Å²) in [7, 11) is 0. The number of rotatable bonds is 7. The Morgan fingerprint density at radius 3 is 2.41 bits per heavy atom. The quantitative estimate of drug-likeness (QED) is 0.338. The number of nitrogens with zero attached hydrogens (tertiary/aromatic N) is 1. The van der Waals surface area contributed by atoms with Crippen LogP contribution in [0.2, 0.25) is 0 Å². The minimum Gasteiger partial charge on any atom is -0.508 e. The second-order valence-corrected chi connectivity index (χ2v) is 5.33. The molecule has 0 fully saturated rings. The summed E-state index contributed by atoms with van der Waals surface area (Å²) in [5, 5.41) is 21.1. The van der Waals surface area contributed by atoms with Crippen LogP contribution >= 0.6 is 0 Å². The largest absolute Gasteiger partial charge is 0.508 e. The van der Waals surface area contributed by atoms with Crippen LogP contribution in [-0.4, -0.2) is 30.2 Å². The van der Waals surface area contributed by atoms with Crippen LogP contribution in [0.1, 0.15) is 12.5 Å². The number of carbonyl (C=O) groups excluding carboxylic acids is 2. The van der Waals surface area contributed by atoms with Gasteiger partial charge >= 0.3 is 5.97 Å². The number of anilines is 1. The van der Waals surface area contributed by atoms with Gasteiger partial charge in [-0.2, -0.15) is 5.26 Å². The average molecular weight is 366 g/mol. The molecule has 0 saturated heterocycles. The molecular formula is C20H18N2O5. The number of phenols is 1. The third kappa shape index (κ3) is 6.21. The molecule has 0 saturated carbocycles. The van der Waals surface area contributed by atoms with Gasteiger partial charge in [0.15, 0.2) is 6.61 Å². The molecule has 27 heavy (non-hydrogen) atoms. The zero-order valence-electron chi connectivity index (χ0n) is 14.6. The standard InChI is InChI=1S/C20H18N2O5/c1-2-26-19(24)13-27-18-9-3-14(4-10-18)11-15(12-21)20(25)22-16-5-7-17(23)8-6-16/h3-11,23H,2,13H2,1H3,(H,22,25)/b15-11+. The first-order valence-corrected chi connectivity index (χ1v) is 8.12. The Morgan fingerprint density at radius 1 is 1.15 bits per heavy atom. The number of esters is 1. The molecule has 1 amide bonds. The van der Waals surface area contributed by atoms with Gasteiger partial charge in [-0.15, -0.1) is 0 Å².